The lowest BCUT2D eigenvalue weighted by Crippen LogP contribution is -2.31. The molecule has 1 atom stereocenters. The molecular weight excluding hydrogens is 244 g/mol. The number of nitrogens with zero attached hydrogens (tertiary/aromatic N) is 2. The van der Waals surface area contributed by atoms with Crippen molar-refractivity contribution >= 4 is 11.9 Å². The Bertz CT molecular complexity index is 502. The van der Waals surface area contributed by atoms with Gasteiger partial charge in [0.25, 0.3) is 0 Å². The number of hydrogen-bond donors (Lipinski definition) is 2. The lowest BCUT2D eigenvalue weighted by Gasteiger charge is -2.22. The number of carbonyl (C=O) groups is 1. The van der Waals surface area contributed by atoms with Gasteiger partial charge in [0.2, 0.25) is 11.8 Å². The van der Waals surface area contributed by atoms with Gasteiger partial charge in [0.15, 0.2) is 0 Å². The van der Waals surface area contributed by atoms with Crippen LogP contribution in [-0.2, 0) is 4.79 Å². The van der Waals surface area contributed by atoms with Crippen LogP contribution in [0.2, 0.25) is 0 Å². The zero-order valence-corrected chi connectivity index (χ0v) is 10.8. The van der Waals surface area contributed by atoms with Gasteiger partial charge in [-0.3, -0.25) is 10.1 Å². The normalized spacial score (nSPS) is 28.3. The minimum atomic E-state index is 0.0490. The average Bonchev–Trinajstić information content (AvgIpc) is 3.33. The summed E-state index contributed by atoms with van der Waals surface area (Å²) in [6.45, 7) is 2.05. The number of anilines is 1. The highest BCUT2D eigenvalue weighted by Gasteiger charge is 2.57. The molecule has 102 valence electrons. The molecule has 2 heterocycles. The summed E-state index contributed by atoms with van der Waals surface area (Å²) >= 11 is 0. The molecule has 1 aromatic heterocycles. The van der Waals surface area contributed by atoms with E-state index in [2.05, 4.69) is 20.8 Å². The second kappa shape index (κ2) is 4.03. The Balaban J connectivity index is 1.38. The molecule has 4 rings (SSSR count). The van der Waals surface area contributed by atoms with E-state index in [0.29, 0.717) is 11.8 Å². The predicted molar refractivity (Wildman–Crippen MR) is 67.5 cm³/mol. The smallest absolute Gasteiger partial charge is 0.322 e. The van der Waals surface area contributed by atoms with Crippen LogP contribution in [0.3, 0.4) is 0 Å². The molecule has 0 bridgehead atoms. The Labute approximate surface area is 111 Å². The molecule has 0 aromatic carbocycles. The molecule has 1 saturated heterocycles. The Morgan fingerprint density at radius 2 is 2.11 bits per heavy atom. The van der Waals surface area contributed by atoms with Gasteiger partial charge in [-0.15, -0.1) is 5.10 Å². The van der Waals surface area contributed by atoms with Crippen molar-refractivity contribution in [3.8, 4) is 0 Å². The van der Waals surface area contributed by atoms with E-state index in [9.17, 15) is 4.79 Å². The third kappa shape index (κ3) is 2.04. The number of rotatable bonds is 3. The van der Waals surface area contributed by atoms with Crippen LogP contribution in [0.1, 0.15) is 43.9 Å². The highest BCUT2D eigenvalue weighted by molar-refractivity contribution is 5.93. The summed E-state index contributed by atoms with van der Waals surface area (Å²) in [7, 11) is 0. The molecule has 6 heteroatoms. The van der Waals surface area contributed by atoms with Crippen LogP contribution in [0, 0.1) is 11.3 Å². The molecule has 1 aromatic rings. The van der Waals surface area contributed by atoms with E-state index in [0.717, 1.165) is 45.2 Å². The molecule has 1 unspecified atom stereocenters. The molecule has 0 radical (unpaired) electrons. The molecular formula is C13H18N4O2. The minimum Gasteiger partial charge on any atom is -0.408 e. The third-order valence-electron chi connectivity index (χ3n) is 4.70. The van der Waals surface area contributed by atoms with Crippen LogP contribution < -0.4 is 10.6 Å². The van der Waals surface area contributed by atoms with E-state index in [1.54, 1.807) is 0 Å². The van der Waals surface area contributed by atoms with Crippen molar-refractivity contribution in [2.45, 2.75) is 38.0 Å². The van der Waals surface area contributed by atoms with Crippen molar-refractivity contribution < 1.29 is 9.21 Å². The van der Waals surface area contributed by atoms with Crippen LogP contribution in [0.15, 0.2) is 4.42 Å². The summed E-state index contributed by atoms with van der Waals surface area (Å²) in [6.07, 6.45) is 5.44. The van der Waals surface area contributed by atoms with Crippen molar-refractivity contribution in [2.24, 2.45) is 11.3 Å². The fraction of sp³-hybridized carbons (Fsp3) is 0.769. The number of carbonyl (C=O) groups excluding carboxylic acids is 1. The first-order chi connectivity index (χ1) is 9.27. The maximum absolute atomic E-state index is 12.2. The van der Waals surface area contributed by atoms with Gasteiger partial charge < -0.3 is 9.73 Å². The van der Waals surface area contributed by atoms with Gasteiger partial charge in [-0.05, 0) is 50.6 Å². The molecule has 1 amide bonds. The third-order valence-corrected chi connectivity index (χ3v) is 4.70. The van der Waals surface area contributed by atoms with Crippen molar-refractivity contribution in [3.63, 3.8) is 0 Å². The van der Waals surface area contributed by atoms with Gasteiger partial charge in [-0.2, -0.15) is 0 Å². The quantitative estimate of drug-likeness (QED) is 0.857. The maximum Gasteiger partial charge on any atom is 0.322 e. The van der Waals surface area contributed by atoms with Gasteiger partial charge in [-0.25, -0.2) is 0 Å². The molecule has 1 aliphatic heterocycles. The topological polar surface area (TPSA) is 80.1 Å². The Morgan fingerprint density at radius 3 is 2.84 bits per heavy atom. The monoisotopic (exact) mass is 262 g/mol. The summed E-state index contributed by atoms with van der Waals surface area (Å²) in [5, 5.41) is 14.0. The number of piperidine rings is 1. The highest BCUT2D eigenvalue weighted by atomic mass is 16.4. The lowest BCUT2D eigenvalue weighted by atomic mass is 9.92. The minimum absolute atomic E-state index is 0.0490. The summed E-state index contributed by atoms with van der Waals surface area (Å²) in [5.74, 6) is 1.27. The summed E-state index contributed by atoms with van der Waals surface area (Å²) in [4.78, 5) is 12.2. The van der Waals surface area contributed by atoms with Crippen molar-refractivity contribution in [3.05, 3.63) is 5.89 Å². The molecule has 1 spiro atoms. The van der Waals surface area contributed by atoms with E-state index in [-0.39, 0.29) is 23.3 Å². The fourth-order valence-corrected chi connectivity index (χ4v) is 3.17. The Morgan fingerprint density at radius 1 is 1.32 bits per heavy atom. The SMILES string of the molecule is O=C(Nc1nnc(C2CC2)o1)C1CC12CCNCC2. The van der Waals surface area contributed by atoms with Gasteiger partial charge in [-0.1, -0.05) is 5.10 Å². The molecule has 2 N–H and O–H groups in total. The standard InChI is InChI=1S/C13H18N4O2/c18-10(9-7-13(9)3-5-14-6-4-13)15-12-17-16-11(19-12)8-1-2-8/h8-9,14H,1-7H2,(H,15,17,18). The van der Waals surface area contributed by atoms with E-state index >= 15 is 0 Å². The van der Waals surface area contributed by atoms with E-state index in [1.165, 1.54) is 0 Å². The molecule has 2 aliphatic carbocycles. The number of nitrogens with one attached hydrogen (secondary N) is 2. The van der Waals surface area contributed by atoms with Crippen LogP contribution >= 0.6 is 0 Å². The van der Waals surface area contributed by atoms with Gasteiger partial charge in [0.05, 0.1) is 0 Å². The van der Waals surface area contributed by atoms with Crippen molar-refractivity contribution in [1.29, 1.82) is 0 Å². The van der Waals surface area contributed by atoms with E-state index in [4.69, 9.17) is 4.42 Å². The van der Waals surface area contributed by atoms with E-state index < -0.39 is 0 Å². The predicted octanol–water partition coefficient (Wildman–Crippen LogP) is 1.28. The first-order valence-electron chi connectivity index (χ1n) is 7.12. The fourth-order valence-electron chi connectivity index (χ4n) is 3.17. The molecule has 2 saturated carbocycles. The number of aromatic nitrogens is 2. The first kappa shape index (κ1) is 11.4. The van der Waals surface area contributed by atoms with Crippen molar-refractivity contribution in [1.82, 2.24) is 15.5 Å². The van der Waals surface area contributed by atoms with Crippen LogP contribution in [0.5, 0.6) is 0 Å². The van der Waals surface area contributed by atoms with Crippen molar-refractivity contribution in [2.75, 3.05) is 18.4 Å². The van der Waals surface area contributed by atoms with Gasteiger partial charge in [0.1, 0.15) is 0 Å². The zero-order valence-electron chi connectivity index (χ0n) is 10.8. The van der Waals surface area contributed by atoms with Crippen LogP contribution in [0.4, 0.5) is 6.01 Å². The lowest BCUT2D eigenvalue weighted by molar-refractivity contribution is -0.118. The maximum atomic E-state index is 12.2. The summed E-state index contributed by atoms with van der Waals surface area (Å²) in [5.41, 5.74) is 0.245. The largest absolute Gasteiger partial charge is 0.408 e. The Hall–Kier alpha value is -1.43. The second-order valence-electron chi connectivity index (χ2n) is 6.08. The molecule has 3 aliphatic rings. The average molecular weight is 262 g/mol. The van der Waals surface area contributed by atoms with Crippen LogP contribution in [0.25, 0.3) is 0 Å². The highest BCUT2D eigenvalue weighted by Crippen LogP contribution is 2.58. The summed E-state index contributed by atoms with van der Waals surface area (Å²) in [6, 6.07) is 0.267. The van der Waals surface area contributed by atoms with Gasteiger partial charge in [0, 0.05) is 11.8 Å². The molecule has 3 fully saturated rings. The van der Waals surface area contributed by atoms with E-state index in [1.807, 2.05) is 0 Å². The molecule has 6 nitrogen and oxygen atoms in total. The Kier molecular flexibility index (Phi) is 2.42. The zero-order chi connectivity index (χ0) is 12.9. The number of amides is 1. The van der Waals surface area contributed by atoms with Crippen LogP contribution in [-0.4, -0.2) is 29.2 Å². The summed E-state index contributed by atoms with van der Waals surface area (Å²) < 4.78 is 5.47. The molecule has 19 heavy (non-hydrogen) atoms. The first-order valence-corrected chi connectivity index (χ1v) is 7.12. The van der Waals surface area contributed by atoms with Gasteiger partial charge >= 0.3 is 6.01 Å². The number of hydrogen-bond acceptors (Lipinski definition) is 5. The second-order valence-corrected chi connectivity index (χ2v) is 6.08.